The van der Waals surface area contributed by atoms with Crippen LogP contribution in [0.15, 0.2) is 30.3 Å². The maximum atomic E-state index is 11.8. The van der Waals surface area contributed by atoms with E-state index in [-0.39, 0.29) is 12.3 Å². The van der Waals surface area contributed by atoms with Crippen molar-refractivity contribution >= 4 is 23.5 Å². The summed E-state index contributed by atoms with van der Waals surface area (Å²) in [6.45, 7) is 3.74. The van der Waals surface area contributed by atoms with Crippen LogP contribution >= 0.6 is 11.6 Å². The SMILES string of the molecule is Cc1cc(C)nc(NNC(=O)Cc2ccc(Cl)cc2)n1. The number of hydrogen-bond donors (Lipinski definition) is 2. The first kappa shape index (κ1) is 14.3. The molecule has 1 aromatic carbocycles. The van der Waals surface area contributed by atoms with Gasteiger partial charge in [0, 0.05) is 16.4 Å². The first-order chi connectivity index (χ1) is 9.52. The van der Waals surface area contributed by atoms with E-state index in [1.54, 1.807) is 12.1 Å². The summed E-state index contributed by atoms with van der Waals surface area (Å²) in [5.74, 6) is 0.210. The van der Waals surface area contributed by atoms with E-state index < -0.39 is 0 Å². The second kappa shape index (κ2) is 6.34. The summed E-state index contributed by atoms with van der Waals surface area (Å²) < 4.78 is 0. The van der Waals surface area contributed by atoms with E-state index in [2.05, 4.69) is 20.8 Å². The summed E-state index contributed by atoms with van der Waals surface area (Å²) in [6, 6.07) is 9.00. The molecule has 5 nitrogen and oxygen atoms in total. The largest absolute Gasteiger partial charge is 0.273 e. The van der Waals surface area contributed by atoms with E-state index in [1.165, 1.54) is 0 Å². The van der Waals surface area contributed by atoms with E-state index in [0.717, 1.165) is 17.0 Å². The molecular formula is C14H15ClN4O. The van der Waals surface area contributed by atoms with Crippen molar-refractivity contribution in [2.45, 2.75) is 20.3 Å². The number of halogens is 1. The molecule has 2 rings (SSSR count). The molecule has 0 unspecified atom stereocenters. The Bertz CT molecular complexity index is 593. The van der Waals surface area contributed by atoms with Crippen LogP contribution in [0, 0.1) is 13.8 Å². The van der Waals surface area contributed by atoms with Crippen molar-refractivity contribution < 1.29 is 4.79 Å². The zero-order valence-electron chi connectivity index (χ0n) is 11.3. The highest BCUT2D eigenvalue weighted by Gasteiger charge is 2.04. The zero-order valence-corrected chi connectivity index (χ0v) is 12.0. The summed E-state index contributed by atoms with van der Waals surface area (Å²) >= 11 is 5.79. The molecule has 104 valence electrons. The Kier molecular flexibility index (Phi) is 4.53. The van der Waals surface area contributed by atoms with E-state index in [1.807, 2.05) is 32.0 Å². The summed E-state index contributed by atoms with van der Waals surface area (Å²) in [4.78, 5) is 20.1. The molecule has 0 aliphatic rings. The van der Waals surface area contributed by atoms with Gasteiger partial charge in [-0.1, -0.05) is 23.7 Å². The molecule has 0 saturated carbocycles. The van der Waals surface area contributed by atoms with Crippen LogP contribution in [0.25, 0.3) is 0 Å². The molecule has 0 fully saturated rings. The van der Waals surface area contributed by atoms with Gasteiger partial charge in [0.1, 0.15) is 0 Å². The lowest BCUT2D eigenvalue weighted by atomic mass is 10.1. The normalized spacial score (nSPS) is 10.2. The van der Waals surface area contributed by atoms with Crippen molar-refractivity contribution in [3.8, 4) is 0 Å². The number of nitrogens with one attached hydrogen (secondary N) is 2. The Morgan fingerprint density at radius 3 is 2.35 bits per heavy atom. The van der Waals surface area contributed by atoms with Gasteiger partial charge in [0.15, 0.2) is 0 Å². The Morgan fingerprint density at radius 2 is 1.75 bits per heavy atom. The molecule has 1 heterocycles. The standard InChI is InChI=1S/C14H15ClN4O/c1-9-7-10(2)17-14(16-9)19-18-13(20)8-11-3-5-12(15)6-4-11/h3-7H,8H2,1-2H3,(H,18,20)(H,16,17,19). The minimum atomic E-state index is -0.171. The molecule has 0 bridgehead atoms. The lowest BCUT2D eigenvalue weighted by Gasteiger charge is -2.08. The van der Waals surface area contributed by atoms with Crippen LogP contribution in [0.1, 0.15) is 17.0 Å². The number of hydrazine groups is 1. The molecule has 0 saturated heterocycles. The van der Waals surface area contributed by atoms with Gasteiger partial charge in [0.2, 0.25) is 11.9 Å². The monoisotopic (exact) mass is 290 g/mol. The highest BCUT2D eigenvalue weighted by molar-refractivity contribution is 6.30. The molecule has 20 heavy (non-hydrogen) atoms. The average molecular weight is 291 g/mol. The number of carbonyl (C=O) groups excluding carboxylic acids is 1. The Morgan fingerprint density at radius 1 is 1.15 bits per heavy atom. The average Bonchev–Trinajstić information content (AvgIpc) is 2.38. The van der Waals surface area contributed by atoms with Crippen molar-refractivity contribution in [1.82, 2.24) is 15.4 Å². The van der Waals surface area contributed by atoms with Gasteiger partial charge in [-0.05, 0) is 37.6 Å². The van der Waals surface area contributed by atoms with Gasteiger partial charge in [-0.3, -0.25) is 15.6 Å². The smallest absolute Gasteiger partial charge is 0.242 e. The summed E-state index contributed by atoms with van der Waals surface area (Å²) in [5, 5.41) is 0.649. The number of benzene rings is 1. The van der Waals surface area contributed by atoms with Gasteiger partial charge in [-0.25, -0.2) is 9.97 Å². The predicted molar refractivity (Wildman–Crippen MR) is 78.4 cm³/mol. The van der Waals surface area contributed by atoms with Crippen LogP contribution in [-0.2, 0) is 11.2 Å². The highest BCUT2D eigenvalue weighted by atomic mass is 35.5. The molecule has 0 aliphatic heterocycles. The fourth-order valence-corrected chi connectivity index (χ4v) is 1.87. The van der Waals surface area contributed by atoms with Gasteiger partial charge >= 0.3 is 0 Å². The second-order valence-corrected chi connectivity index (χ2v) is 4.89. The maximum Gasteiger partial charge on any atom is 0.242 e. The predicted octanol–water partition coefficient (Wildman–Crippen LogP) is 2.43. The van der Waals surface area contributed by atoms with Crippen LogP contribution in [0.2, 0.25) is 5.02 Å². The molecule has 1 aromatic heterocycles. The zero-order chi connectivity index (χ0) is 14.5. The van der Waals surface area contributed by atoms with Crippen molar-refractivity contribution in [2.24, 2.45) is 0 Å². The van der Waals surface area contributed by atoms with Gasteiger partial charge in [0.25, 0.3) is 0 Å². The Labute approximate surface area is 122 Å². The number of aromatic nitrogens is 2. The fraction of sp³-hybridized carbons (Fsp3) is 0.214. The van der Waals surface area contributed by atoms with E-state index in [9.17, 15) is 4.79 Å². The molecule has 2 aromatic rings. The van der Waals surface area contributed by atoms with Crippen LogP contribution in [0.3, 0.4) is 0 Å². The number of anilines is 1. The highest BCUT2D eigenvalue weighted by Crippen LogP contribution is 2.09. The first-order valence-electron chi connectivity index (χ1n) is 6.14. The van der Waals surface area contributed by atoms with Crippen molar-refractivity contribution in [3.05, 3.63) is 52.3 Å². The third-order valence-electron chi connectivity index (χ3n) is 2.57. The summed E-state index contributed by atoms with van der Waals surface area (Å²) in [5.41, 5.74) is 7.84. The molecular weight excluding hydrogens is 276 g/mol. The lowest BCUT2D eigenvalue weighted by molar-refractivity contribution is -0.119. The first-order valence-corrected chi connectivity index (χ1v) is 6.52. The minimum absolute atomic E-state index is 0.171. The third kappa shape index (κ3) is 4.20. The minimum Gasteiger partial charge on any atom is -0.273 e. The summed E-state index contributed by atoms with van der Waals surface area (Å²) in [7, 11) is 0. The molecule has 1 amide bonds. The number of aryl methyl sites for hydroxylation is 2. The number of nitrogens with zero attached hydrogens (tertiary/aromatic N) is 2. The van der Waals surface area contributed by atoms with E-state index in [0.29, 0.717) is 11.0 Å². The molecule has 6 heteroatoms. The van der Waals surface area contributed by atoms with E-state index in [4.69, 9.17) is 11.6 Å². The number of amides is 1. The Hall–Kier alpha value is -2.14. The van der Waals surface area contributed by atoms with Crippen molar-refractivity contribution in [2.75, 3.05) is 5.43 Å². The molecule has 0 radical (unpaired) electrons. The van der Waals surface area contributed by atoms with Crippen LogP contribution in [0.5, 0.6) is 0 Å². The second-order valence-electron chi connectivity index (χ2n) is 4.45. The number of hydrogen-bond acceptors (Lipinski definition) is 4. The van der Waals surface area contributed by atoms with Crippen LogP contribution < -0.4 is 10.9 Å². The van der Waals surface area contributed by atoms with Gasteiger partial charge in [-0.15, -0.1) is 0 Å². The summed E-state index contributed by atoms with van der Waals surface area (Å²) in [6.07, 6.45) is 0.259. The quantitative estimate of drug-likeness (QED) is 0.849. The molecule has 0 aliphatic carbocycles. The molecule has 0 atom stereocenters. The van der Waals surface area contributed by atoms with Crippen molar-refractivity contribution in [3.63, 3.8) is 0 Å². The number of carbonyl (C=O) groups is 1. The molecule has 2 N–H and O–H groups in total. The van der Waals surface area contributed by atoms with Crippen LogP contribution in [0.4, 0.5) is 5.95 Å². The van der Waals surface area contributed by atoms with E-state index >= 15 is 0 Å². The number of rotatable bonds is 4. The fourth-order valence-electron chi connectivity index (χ4n) is 1.74. The van der Waals surface area contributed by atoms with Gasteiger partial charge in [0.05, 0.1) is 6.42 Å². The van der Waals surface area contributed by atoms with Crippen LogP contribution in [-0.4, -0.2) is 15.9 Å². The van der Waals surface area contributed by atoms with Gasteiger partial charge in [-0.2, -0.15) is 0 Å². The topological polar surface area (TPSA) is 66.9 Å². The lowest BCUT2D eigenvalue weighted by Crippen LogP contribution is -2.31. The maximum absolute atomic E-state index is 11.8. The molecule has 0 spiro atoms. The van der Waals surface area contributed by atoms with Crippen molar-refractivity contribution in [1.29, 1.82) is 0 Å². The third-order valence-corrected chi connectivity index (χ3v) is 2.83. The van der Waals surface area contributed by atoms with Gasteiger partial charge < -0.3 is 0 Å². The Balaban J connectivity index is 1.90.